The monoisotopic (exact) mass is 520 g/mol. The van der Waals surface area contributed by atoms with E-state index in [1.165, 1.54) is 17.4 Å². The fraction of sp³-hybridized carbons (Fsp3) is 0.483. The quantitative estimate of drug-likeness (QED) is 0.292. The molecule has 0 heterocycles. The van der Waals surface area contributed by atoms with Gasteiger partial charge in [0.1, 0.15) is 22.8 Å². The van der Waals surface area contributed by atoms with Gasteiger partial charge in [0.15, 0.2) is 11.4 Å². The van der Waals surface area contributed by atoms with Crippen molar-refractivity contribution in [3.63, 3.8) is 0 Å². The topological polar surface area (TPSA) is 161 Å². The number of carbonyl (C=O) groups excluding carboxylic acids is 3. The van der Waals surface area contributed by atoms with Crippen LogP contribution in [0.1, 0.15) is 55.2 Å². The van der Waals surface area contributed by atoms with E-state index >= 15 is 0 Å². The summed E-state index contributed by atoms with van der Waals surface area (Å²) in [5.74, 6) is 0.251. The van der Waals surface area contributed by atoms with E-state index in [9.17, 15) is 34.8 Å². The second-order valence-electron chi connectivity index (χ2n) is 11.1. The van der Waals surface area contributed by atoms with E-state index in [0.29, 0.717) is 11.1 Å². The number of Topliss-reactive ketones (excluding diaryl/α,β-unsaturated/α-hetero) is 2. The van der Waals surface area contributed by atoms with Crippen LogP contribution < -0.4 is 5.73 Å². The first-order valence-corrected chi connectivity index (χ1v) is 13.0. The number of hydrogen-bond donors (Lipinski definition) is 5. The maximum atomic E-state index is 13.9. The van der Waals surface area contributed by atoms with E-state index in [1.54, 1.807) is 20.2 Å². The highest BCUT2D eigenvalue weighted by Gasteiger charge is 2.64. The number of hydrogen-bond acceptors (Lipinski definition) is 8. The van der Waals surface area contributed by atoms with E-state index in [0.717, 1.165) is 25.7 Å². The van der Waals surface area contributed by atoms with Gasteiger partial charge in [-0.1, -0.05) is 31.1 Å². The van der Waals surface area contributed by atoms with Crippen LogP contribution in [-0.2, 0) is 20.8 Å². The molecule has 9 nitrogen and oxygen atoms in total. The largest absolute Gasteiger partial charge is 0.508 e. The van der Waals surface area contributed by atoms with Crippen molar-refractivity contribution in [2.24, 2.45) is 23.5 Å². The van der Waals surface area contributed by atoms with Crippen LogP contribution in [0.4, 0.5) is 0 Å². The highest BCUT2D eigenvalue weighted by molar-refractivity contribution is 6.24. The van der Waals surface area contributed by atoms with E-state index in [2.05, 4.69) is 11.8 Å². The van der Waals surface area contributed by atoms with Crippen LogP contribution in [0.3, 0.4) is 0 Å². The van der Waals surface area contributed by atoms with Crippen molar-refractivity contribution in [2.45, 2.75) is 56.6 Å². The first-order valence-electron chi connectivity index (χ1n) is 13.0. The SMILES string of the molecule is CN(C)[C@H]1C(=O)C(C(N)=O)=C(O)[C@]2(O)C(=O)C3=C(O)c4c(O)ccc(C#CC5CCCCC5)c4C[C@@H]3C[C@H]12. The Morgan fingerprint density at radius 1 is 1.11 bits per heavy atom. The third-order valence-corrected chi connectivity index (χ3v) is 8.62. The molecule has 4 atom stereocenters. The molecule has 4 aliphatic carbocycles. The normalized spacial score (nSPS) is 29.4. The molecule has 2 saturated carbocycles. The average Bonchev–Trinajstić information content (AvgIpc) is 2.86. The molecule has 38 heavy (non-hydrogen) atoms. The summed E-state index contributed by atoms with van der Waals surface area (Å²) in [4.78, 5) is 40.6. The van der Waals surface area contributed by atoms with E-state index < -0.39 is 58.0 Å². The second-order valence-corrected chi connectivity index (χ2v) is 11.1. The molecule has 1 aromatic carbocycles. The Bertz CT molecular complexity index is 1370. The van der Waals surface area contributed by atoms with Gasteiger partial charge in [-0.15, -0.1) is 0 Å². The molecule has 0 aromatic heterocycles. The molecular formula is C29H32N2O7. The predicted octanol–water partition coefficient (Wildman–Crippen LogP) is 1.90. The number of benzene rings is 1. The van der Waals surface area contributed by atoms with Gasteiger partial charge in [-0.2, -0.15) is 0 Å². The van der Waals surface area contributed by atoms with Crippen LogP contribution >= 0.6 is 0 Å². The van der Waals surface area contributed by atoms with Gasteiger partial charge in [0, 0.05) is 23.0 Å². The summed E-state index contributed by atoms with van der Waals surface area (Å²) >= 11 is 0. The van der Waals surface area contributed by atoms with Gasteiger partial charge >= 0.3 is 0 Å². The van der Waals surface area contributed by atoms with Gasteiger partial charge in [-0.25, -0.2) is 0 Å². The van der Waals surface area contributed by atoms with Crippen LogP contribution in [0.25, 0.3) is 5.76 Å². The number of aliphatic hydroxyl groups is 3. The minimum atomic E-state index is -2.64. The van der Waals surface area contributed by atoms with Gasteiger partial charge in [-0.05, 0) is 63.4 Å². The number of ketones is 2. The summed E-state index contributed by atoms with van der Waals surface area (Å²) in [5.41, 5.74) is 3.03. The average molecular weight is 521 g/mol. The Labute approximate surface area is 220 Å². The minimum Gasteiger partial charge on any atom is -0.508 e. The molecule has 9 heteroatoms. The minimum absolute atomic E-state index is 0.0525. The fourth-order valence-electron chi connectivity index (χ4n) is 6.79. The molecule has 4 aliphatic rings. The number of amides is 1. The zero-order valence-electron chi connectivity index (χ0n) is 21.5. The number of phenols is 1. The van der Waals surface area contributed by atoms with Crippen LogP contribution in [-0.4, -0.2) is 68.5 Å². The number of nitrogens with zero attached hydrogens (tertiary/aromatic N) is 1. The summed E-state index contributed by atoms with van der Waals surface area (Å²) in [6, 6.07) is 2.00. The summed E-state index contributed by atoms with van der Waals surface area (Å²) in [7, 11) is 3.15. The number of aromatic hydroxyl groups is 1. The van der Waals surface area contributed by atoms with Crippen molar-refractivity contribution in [1.82, 2.24) is 4.90 Å². The molecule has 5 rings (SSSR count). The molecule has 0 bridgehead atoms. The number of primary amides is 1. The standard InChI is InChI=1S/C29H32N2O7/c1-31(2)23-18-13-16-12-17-15(9-8-14-6-4-3-5-7-14)10-11-19(32)21(17)24(33)20(16)26(35)29(18,38)27(36)22(25(23)34)28(30)37/h10-11,14,16,18,23,32-33,36,38H,3-7,12-13H2,1-2H3,(H2,30,37)/t16-,18-,23-,29-/m1/s1. The Morgan fingerprint density at radius 3 is 2.42 bits per heavy atom. The molecule has 0 radical (unpaired) electrons. The number of carbonyl (C=O) groups is 3. The Hall–Kier alpha value is -3.61. The zero-order chi connectivity index (χ0) is 27.5. The van der Waals surface area contributed by atoms with Gasteiger partial charge in [0.25, 0.3) is 5.91 Å². The number of fused-ring (bicyclic) bond motifs is 3. The number of rotatable bonds is 2. The number of likely N-dealkylation sites (N-methyl/N-ethyl adjacent to an activating group) is 1. The third kappa shape index (κ3) is 3.74. The van der Waals surface area contributed by atoms with E-state index in [1.807, 2.05) is 0 Å². The molecule has 0 saturated heterocycles. The van der Waals surface area contributed by atoms with Crippen LogP contribution in [0, 0.1) is 29.6 Å². The third-order valence-electron chi connectivity index (χ3n) is 8.62. The smallest absolute Gasteiger partial charge is 0.255 e. The molecule has 200 valence electrons. The maximum absolute atomic E-state index is 13.9. The molecule has 0 aliphatic heterocycles. The Balaban J connectivity index is 1.65. The van der Waals surface area contributed by atoms with Gasteiger partial charge in [-0.3, -0.25) is 19.3 Å². The molecule has 1 aromatic rings. The molecule has 0 unspecified atom stereocenters. The lowest BCUT2D eigenvalue weighted by molar-refractivity contribution is -0.153. The first kappa shape index (κ1) is 26.0. The predicted molar refractivity (Wildman–Crippen MR) is 138 cm³/mol. The van der Waals surface area contributed by atoms with Crippen molar-refractivity contribution in [1.29, 1.82) is 0 Å². The lowest BCUT2D eigenvalue weighted by atomic mass is 9.57. The van der Waals surface area contributed by atoms with Crippen LogP contribution in [0.2, 0.25) is 0 Å². The van der Waals surface area contributed by atoms with E-state index in [4.69, 9.17) is 5.73 Å². The van der Waals surface area contributed by atoms with Gasteiger partial charge in [0.05, 0.1) is 11.6 Å². The van der Waals surface area contributed by atoms with Crippen molar-refractivity contribution in [3.8, 4) is 17.6 Å². The molecular weight excluding hydrogens is 488 g/mol. The lowest BCUT2D eigenvalue weighted by Gasteiger charge is -2.50. The molecule has 6 N–H and O–H groups in total. The lowest BCUT2D eigenvalue weighted by Crippen LogP contribution is -2.65. The Kier molecular flexibility index (Phi) is 6.36. The van der Waals surface area contributed by atoms with Crippen molar-refractivity contribution in [2.75, 3.05) is 14.1 Å². The highest BCUT2D eigenvalue weighted by Crippen LogP contribution is 2.52. The van der Waals surface area contributed by atoms with Crippen LogP contribution in [0.15, 0.2) is 29.0 Å². The summed E-state index contributed by atoms with van der Waals surface area (Å²) in [6.07, 6.45) is 5.83. The summed E-state index contributed by atoms with van der Waals surface area (Å²) < 4.78 is 0. The number of aliphatic hydroxyl groups excluding tert-OH is 2. The van der Waals surface area contributed by atoms with Crippen LogP contribution in [0.5, 0.6) is 5.75 Å². The fourth-order valence-corrected chi connectivity index (χ4v) is 6.79. The summed E-state index contributed by atoms with van der Waals surface area (Å²) in [6.45, 7) is 0. The molecule has 2 fully saturated rings. The zero-order valence-corrected chi connectivity index (χ0v) is 21.5. The van der Waals surface area contributed by atoms with Crippen molar-refractivity contribution >= 4 is 23.2 Å². The summed E-state index contributed by atoms with van der Waals surface area (Å²) in [5, 5.41) is 44.5. The second kappa shape index (κ2) is 9.29. The van der Waals surface area contributed by atoms with Gasteiger partial charge in [0.2, 0.25) is 5.78 Å². The van der Waals surface area contributed by atoms with E-state index in [-0.39, 0.29) is 35.6 Å². The number of nitrogens with two attached hydrogens (primary N) is 1. The number of phenolic OH excluding ortho intramolecular Hbond substituents is 1. The molecule has 1 amide bonds. The van der Waals surface area contributed by atoms with Crippen molar-refractivity contribution < 1.29 is 34.8 Å². The maximum Gasteiger partial charge on any atom is 0.255 e. The first-order chi connectivity index (χ1) is 18.0. The van der Waals surface area contributed by atoms with Gasteiger partial charge < -0.3 is 26.2 Å². The van der Waals surface area contributed by atoms with Crippen molar-refractivity contribution in [3.05, 3.63) is 45.7 Å². The highest BCUT2D eigenvalue weighted by atomic mass is 16.3. The Morgan fingerprint density at radius 2 is 1.79 bits per heavy atom. The molecule has 0 spiro atoms.